The number of aromatic nitrogens is 2. The van der Waals surface area contributed by atoms with E-state index in [1.165, 1.54) is 12.1 Å². The quantitative estimate of drug-likeness (QED) is 0.468. The summed E-state index contributed by atoms with van der Waals surface area (Å²) in [6.07, 6.45) is 2.61. The molecule has 29 heavy (non-hydrogen) atoms. The van der Waals surface area contributed by atoms with Crippen LogP contribution in [0.3, 0.4) is 0 Å². The third kappa shape index (κ3) is 4.00. The number of nitrogens with zero attached hydrogens (tertiary/aromatic N) is 2. The van der Waals surface area contributed by atoms with Crippen molar-refractivity contribution in [1.82, 2.24) is 9.78 Å². The van der Waals surface area contributed by atoms with Gasteiger partial charge in [0.2, 0.25) is 0 Å². The molecule has 2 N–H and O–H groups in total. The maximum absolute atomic E-state index is 13.2. The highest BCUT2D eigenvalue weighted by Gasteiger charge is 2.23. The normalized spacial score (nSPS) is 13.3. The molecule has 2 atom stereocenters. The van der Waals surface area contributed by atoms with Crippen LogP contribution in [-0.2, 0) is 0 Å². The van der Waals surface area contributed by atoms with Crippen molar-refractivity contribution in [3.63, 3.8) is 0 Å². The summed E-state index contributed by atoms with van der Waals surface area (Å²) in [6.45, 7) is 2.69. The lowest BCUT2D eigenvalue weighted by Gasteiger charge is -2.26. The first-order valence-corrected chi connectivity index (χ1v) is 9.85. The van der Waals surface area contributed by atoms with Crippen LogP contribution in [0.4, 0.5) is 4.39 Å². The largest absolute Gasteiger partial charge is 0.485 e. The Kier molecular flexibility index (Phi) is 5.58. The van der Waals surface area contributed by atoms with Crippen LogP contribution in [0.5, 0.6) is 5.75 Å². The molecule has 0 amide bonds. The highest BCUT2D eigenvalue weighted by molar-refractivity contribution is 5.81. The van der Waals surface area contributed by atoms with Crippen LogP contribution in [0.2, 0.25) is 0 Å². The van der Waals surface area contributed by atoms with E-state index in [9.17, 15) is 4.39 Å². The molecular weight excluding hydrogens is 365 g/mol. The molecule has 0 radical (unpaired) electrons. The molecule has 1 heterocycles. The molecule has 3 aromatic carbocycles. The Morgan fingerprint density at radius 1 is 1.03 bits per heavy atom. The number of hydrogen-bond acceptors (Lipinski definition) is 3. The van der Waals surface area contributed by atoms with Crippen LogP contribution in [0.25, 0.3) is 16.6 Å². The Morgan fingerprint density at radius 3 is 2.48 bits per heavy atom. The van der Waals surface area contributed by atoms with Gasteiger partial charge < -0.3 is 10.5 Å². The van der Waals surface area contributed by atoms with E-state index < -0.39 is 0 Å². The van der Waals surface area contributed by atoms with Crippen molar-refractivity contribution in [2.24, 2.45) is 11.7 Å². The van der Waals surface area contributed by atoms with E-state index >= 15 is 0 Å². The molecule has 0 fully saturated rings. The number of fused-ring (bicyclic) bond motifs is 1. The van der Waals surface area contributed by atoms with Crippen molar-refractivity contribution in [1.29, 1.82) is 0 Å². The molecule has 4 rings (SSSR count). The highest BCUT2D eigenvalue weighted by atomic mass is 19.1. The zero-order chi connectivity index (χ0) is 20.2. The Morgan fingerprint density at radius 2 is 1.79 bits per heavy atom. The molecule has 4 nitrogen and oxygen atoms in total. The van der Waals surface area contributed by atoms with Crippen LogP contribution in [0, 0.1) is 11.7 Å². The molecule has 0 aliphatic heterocycles. The second-order valence-electron chi connectivity index (χ2n) is 7.11. The van der Waals surface area contributed by atoms with Gasteiger partial charge in [0, 0.05) is 11.3 Å². The summed E-state index contributed by atoms with van der Waals surface area (Å²) in [6, 6.07) is 22.4. The molecule has 0 saturated heterocycles. The van der Waals surface area contributed by atoms with Crippen molar-refractivity contribution in [3.8, 4) is 11.4 Å². The minimum Gasteiger partial charge on any atom is -0.485 e. The number of halogens is 1. The fourth-order valence-electron chi connectivity index (χ4n) is 3.60. The van der Waals surface area contributed by atoms with Crippen molar-refractivity contribution >= 4 is 10.9 Å². The third-order valence-electron chi connectivity index (χ3n) is 5.26. The summed E-state index contributed by atoms with van der Waals surface area (Å²) < 4.78 is 21.4. The Balaban J connectivity index is 1.66. The van der Waals surface area contributed by atoms with Gasteiger partial charge in [-0.3, -0.25) is 0 Å². The molecule has 0 aliphatic carbocycles. The van der Waals surface area contributed by atoms with Crippen molar-refractivity contribution in [2.75, 3.05) is 6.54 Å². The van der Waals surface area contributed by atoms with Crippen LogP contribution in [0.15, 0.2) is 79.0 Å². The first-order chi connectivity index (χ1) is 14.2. The predicted molar refractivity (Wildman–Crippen MR) is 114 cm³/mol. The minimum absolute atomic E-state index is 0.115. The highest BCUT2D eigenvalue weighted by Crippen LogP contribution is 2.32. The van der Waals surface area contributed by atoms with Gasteiger partial charge in [0.15, 0.2) is 0 Å². The number of benzene rings is 3. The first-order valence-electron chi connectivity index (χ1n) is 9.85. The third-order valence-corrected chi connectivity index (χ3v) is 5.26. The number of rotatable bonds is 7. The SMILES string of the molecule is CCC(CN)[C@H](Oc1ccc2c(cnn2-c2ccc(F)cc2)c1)c1ccccc1. The molecule has 0 bridgehead atoms. The van der Waals surface area contributed by atoms with E-state index in [1.807, 2.05) is 36.4 Å². The van der Waals surface area contributed by atoms with Crippen LogP contribution < -0.4 is 10.5 Å². The molecular formula is C24H24FN3O. The van der Waals surface area contributed by atoms with Crippen LogP contribution >= 0.6 is 0 Å². The fourth-order valence-corrected chi connectivity index (χ4v) is 3.60. The Hall–Kier alpha value is -3.18. The summed E-state index contributed by atoms with van der Waals surface area (Å²) in [5, 5.41) is 5.42. The van der Waals surface area contributed by atoms with Gasteiger partial charge in [-0.15, -0.1) is 0 Å². The second-order valence-corrected chi connectivity index (χ2v) is 7.11. The molecule has 0 aliphatic rings. The minimum atomic E-state index is -0.266. The zero-order valence-electron chi connectivity index (χ0n) is 16.3. The van der Waals surface area contributed by atoms with Gasteiger partial charge in [-0.2, -0.15) is 5.10 Å². The Labute approximate surface area is 169 Å². The first kappa shape index (κ1) is 19.2. The summed E-state index contributed by atoms with van der Waals surface area (Å²) in [4.78, 5) is 0. The number of hydrogen-bond donors (Lipinski definition) is 1. The van der Waals surface area contributed by atoms with E-state index in [4.69, 9.17) is 10.5 Å². The van der Waals surface area contributed by atoms with Gasteiger partial charge in [0.1, 0.15) is 17.7 Å². The lowest BCUT2D eigenvalue weighted by molar-refractivity contribution is 0.136. The van der Waals surface area contributed by atoms with Crippen molar-refractivity contribution in [2.45, 2.75) is 19.4 Å². The molecule has 1 aromatic heterocycles. The monoisotopic (exact) mass is 389 g/mol. The number of nitrogens with two attached hydrogens (primary N) is 1. The van der Waals surface area contributed by atoms with Crippen LogP contribution in [0.1, 0.15) is 25.0 Å². The van der Waals surface area contributed by atoms with Gasteiger partial charge in [-0.25, -0.2) is 9.07 Å². The summed E-state index contributed by atoms with van der Waals surface area (Å²) in [7, 11) is 0. The topological polar surface area (TPSA) is 53.1 Å². The lowest BCUT2D eigenvalue weighted by Crippen LogP contribution is -2.25. The van der Waals surface area contributed by atoms with Crippen molar-refractivity contribution < 1.29 is 9.13 Å². The maximum Gasteiger partial charge on any atom is 0.128 e. The summed E-state index contributed by atoms with van der Waals surface area (Å²) in [5.74, 6) is 0.727. The van der Waals surface area contributed by atoms with E-state index in [0.717, 1.165) is 34.3 Å². The zero-order valence-corrected chi connectivity index (χ0v) is 16.3. The predicted octanol–water partition coefficient (Wildman–Crippen LogP) is 5.27. The molecule has 1 unspecified atom stereocenters. The van der Waals surface area contributed by atoms with Gasteiger partial charge in [0.05, 0.1) is 17.4 Å². The fraction of sp³-hybridized carbons (Fsp3) is 0.208. The van der Waals surface area contributed by atoms with E-state index in [-0.39, 0.29) is 17.8 Å². The molecule has 0 saturated carbocycles. The smallest absolute Gasteiger partial charge is 0.128 e. The summed E-state index contributed by atoms with van der Waals surface area (Å²) in [5.41, 5.74) is 8.89. The van der Waals surface area contributed by atoms with Gasteiger partial charge in [0.25, 0.3) is 0 Å². The van der Waals surface area contributed by atoms with Crippen molar-refractivity contribution in [3.05, 3.63) is 90.4 Å². The lowest BCUT2D eigenvalue weighted by atomic mass is 9.93. The van der Waals surface area contributed by atoms with E-state index in [1.54, 1.807) is 23.0 Å². The maximum atomic E-state index is 13.2. The second kappa shape index (κ2) is 8.45. The summed E-state index contributed by atoms with van der Waals surface area (Å²) >= 11 is 0. The molecule has 5 heteroatoms. The molecule has 0 spiro atoms. The van der Waals surface area contributed by atoms with Crippen LogP contribution in [-0.4, -0.2) is 16.3 Å². The standard InChI is InChI=1S/C24H24FN3O/c1-2-17(15-26)24(18-6-4-3-5-7-18)29-22-12-13-23-19(14-22)16-27-28(23)21-10-8-20(25)9-11-21/h3-14,16-17,24H,2,15,26H2,1H3/t17?,24-/m0/s1. The van der Waals surface area contributed by atoms with E-state index in [2.05, 4.69) is 24.2 Å². The molecule has 148 valence electrons. The molecule has 4 aromatic rings. The van der Waals surface area contributed by atoms with Gasteiger partial charge >= 0.3 is 0 Å². The Bertz CT molecular complexity index is 1070. The van der Waals surface area contributed by atoms with Gasteiger partial charge in [-0.05, 0) is 61.0 Å². The average Bonchev–Trinajstić information content (AvgIpc) is 3.18. The van der Waals surface area contributed by atoms with Gasteiger partial charge in [-0.1, -0.05) is 37.3 Å². The van der Waals surface area contributed by atoms with E-state index in [0.29, 0.717) is 6.54 Å². The average molecular weight is 389 g/mol. The number of ether oxygens (including phenoxy) is 1.